The summed E-state index contributed by atoms with van der Waals surface area (Å²) in [7, 11) is 0. The van der Waals surface area contributed by atoms with Gasteiger partial charge in [0.05, 0.1) is 0 Å². The van der Waals surface area contributed by atoms with Crippen LogP contribution in [-0.4, -0.2) is 12.1 Å². The van der Waals surface area contributed by atoms with Crippen molar-refractivity contribution in [2.24, 2.45) is 5.41 Å². The van der Waals surface area contributed by atoms with E-state index in [1.54, 1.807) is 13.0 Å². The van der Waals surface area contributed by atoms with E-state index in [-0.39, 0.29) is 17.5 Å². The van der Waals surface area contributed by atoms with Crippen LogP contribution in [0.3, 0.4) is 0 Å². The molecule has 0 aromatic heterocycles. The van der Waals surface area contributed by atoms with Gasteiger partial charge < -0.3 is 4.74 Å². The average Bonchev–Trinajstić information content (AvgIpc) is 1.85. The van der Waals surface area contributed by atoms with Gasteiger partial charge in [-0.3, -0.25) is 0 Å². The van der Waals surface area contributed by atoms with Gasteiger partial charge in [-0.15, -0.1) is 0 Å². The SMILES string of the molecule is CC=CC(=O)OC(C)C(C)(C)C. The molecule has 0 fully saturated rings. The van der Waals surface area contributed by atoms with Gasteiger partial charge in [0.2, 0.25) is 0 Å². The van der Waals surface area contributed by atoms with Gasteiger partial charge in [0, 0.05) is 6.08 Å². The molecule has 0 radical (unpaired) electrons. The highest BCUT2D eigenvalue weighted by Gasteiger charge is 2.22. The Morgan fingerprint density at radius 2 is 1.92 bits per heavy atom. The fraction of sp³-hybridized carbons (Fsp3) is 0.700. The molecule has 0 aromatic rings. The molecule has 0 saturated carbocycles. The van der Waals surface area contributed by atoms with Crippen LogP contribution in [-0.2, 0) is 9.53 Å². The van der Waals surface area contributed by atoms with Crippen molar-refractivity contribution < 1.29 is 9.53 Å². The maximum atomic E-state index is 11.0. The molecule has 0 bridgehead atoms. The molecule has 1 atom stereocenters. The fourth-order valence-electron chi connectivity index (χ4n) is 0.526. The van der Waals surface area contributed by atoms with Gasteiger partial charge in [-0.05, 0) is 19.3 Å². The van der Waals surface area contributed by atoms with Gasteiger partial charge >= 0.3 is 5.97 Å². The number of rotatable bonds is 2. The van der Waals surface area contributed by atoms with Gasteiger partial charge in [-0.25, -0.2) is 4.79 Å². The number of hydrogen-bond acceptors (Lipinski definition) is 2. The Labute approximate surface area is 74.6 Å². The van der Waals surface area contributed by atoms with Crippen LogP contribution in [0.15, 0.2) is 12.2 Å². The Morgan fingerprint density at radius 1 is 1.42 bits per heavy atom. The van der Waals surface area contributed by atoms with Gasteiger partial charge in [0.1, 0.15) is 6.10 Å². The van der Waals surface area contributed by atoms with Gasteiger partial charge in [0.15, 0.2) is 0 Å². The second-order valence-electron chi connectivity index (χ2n) is 3.95. The van der Waals surface area contributed by atoms with Crippen LogP contribution >= 0.6 is 0 Å². The molecule has 0 rings (SSSR count). The van der Waals surface area contributed by atoms with E-state index in [9.17, 15) is 4.79 Å². The molecule has 0 aromatic carbocycles. The monoisotopic (exact) mass is 170 g/mol. The Kier molecular flexibility index (Phi) is 4.01. The fourth-order valence-corrected chi connectivity index (χ4v) is 0.526. The molecule has 0 aliphatic heterocycles. The molecular weight excluding hydrogens is 152 g/mol. The van der Waals surface area contributed by atoms with Crippen LogP contribution in [0.5, 0.6) is 0 Å². The van der Waals surface area contributed by atoms with Crippen molar-refractivity contribution in [1.82, 2.24) is 0 Å². The van der Waals surface area contributed by atoms with Crippen molar-refractivity contribution in [1.29, 1.82) is 0 Å². The summed E-state index contributed by atoms with van der Waals surface area (Å²) < 4.78 is 5.13. The molecule has 0 amide bonds. The number of esters is 1. The van der Waals surface area contributed by atoms with Crippen molar-refractivity contribution in [2.75, 3.05) is 0 Å². The van der Waals surface area contributed by atoms with Crippen molar-refractivity contribution in [3.05, 3.63) is 12.2 Å². The first-order chi connectivity index (χ1) is 5.38. The first kappa shape index (κ1) is 11.2. The van der Waals surface area contributed by atoms with E-state index in [0.29, 0.717) is 0 Å². The molecule has 2 nitrogen and oxygen atoms in total. The highest BCUT2D eigenvalue weighted by atomic mass is 16.5. The van der Waals surface area contributed by atoms with Crippen molar-refractivity contribution in [3.63, 3.8) is 0 Å². The van der Waals surface area contributed by atoms with Crippen LogP contribution in [0, 0.1) is 5.41 Å². The van der Waals surface area contributed by atoms with Crippen LogP contribution in [0.2, 0.25) is 0 Å². The highest BCUT2D eigenvalue weighted by Crippen LogP contribution is 2.21. The largest absolute Gasteiger partial charge is 0.459 e. The van der Waals surface area contributed by atoms with Crippen molar-refractivity contribution >= 4 is 5.97 Å². The predicted molar refractivity (Wildman–Crippen MR) is 49.8 cm³/mol. The zero-order valence-corrected chi connectivity index (χ0v) is 8.55. The van der Waals surface area contributed by atoms with E-state index in [2.05, 4.69) is 0 Å². The maximum absolute atomic E-state index is 11.0. The molecule has 0 aliphatic carbocycles. The van der Waals surface area contributed by atoms with Gasteiger partial charge in [-0.2, -0.15) is 0 Å². The summed E-state index contributed by atoms with van der Waals surface area (Å²) in [5.41, 5.74) is 0.0112. The molecule has 12 heavy (non-hydrogen) atoms. The predicted octanol–water partition coefficient (Wildman–Crippen LogP) is 2.54. The second kappa shape index (κ2) is 4.29. The van der Waals surface area contributed by atoms with Crippen LogP contribution in [0.4, 0.5) is 0 Å². The summed E-state index contributed by atoms with van der Waals surface area (Å²) in [6.45, 7) is 9.83. The van der Waals surface area contributed by atoms with E-state index < -0.39 is 0 Å². The molecule has 0 heterocycles. The smallest absolute Gasteiger partial charge is 0.330 e. The minimum atomic E-state index is -0.264. The summed E-state index contributed by atoms with van der Waals surface area (Å²) in [6, 6.07) is 0. The number of carbonyl (C=O) groups is 1. The molecule has 1 unspecified atom stereocenters. The maximum Gasteiger partial charge on any atom is 0.330 e. The third-order valence-corrected chi connectivity index (χ3v) is 1.82. The van der Waals surface area contributed by atoms with E-state index in [0.717, 1.165) is 0 Å². The van der Waals surface area contributed by atoms with Crippen molar-refractivity contribution in [2.45, 2.75) is 40.7 Å². The van der Waals surface area contributed by atoms with Crippen molar-refractivity contribution in [3.8, 4) is 0 Å². The minimum absolute atomic E-state index is 0.0112. The summed E-state index contributed by atoms with van der Waals surface area (Å²) >= 11 is 0. The van der Waals surface area contributed by atoms with Gasteiger partial charge in [0.25, 0.3) is 0 Å². The summed E-state index contributed by atoms with van der Waals surface area (Å²) in [4.78, 5) is 11.0. The summed E-state index contributed by atoms with van der Waals surface area (Å²) in [5, 5.41) is 0. The lowest BCUT2D eigenvalue weighted by atomic mass is 9.90. The lowest BCUT2D eigenvalue weighted by molar-refractivity contribution is -0.147. The van der Waals surface area contributed by atoms with E-state index >= 15 is 0 Å². The third kappa shape index (κ3) is 4.16. The Hall–Kier alpha value is -0.790. The topological polar surface area (TPSA) is 26.3 Å². The molecule has 0 spiro atoms. The van der Waals surface area contributed by atoms with Gasteiger partial charge in [-0.1, -0.05) is 26.8 Å². The summed E-state index contributed by atoms with van der Waals surface area (Å²) in [5.74, 6) is -0.264. The molecule has 0 N–H and O–H groups in total. The molecule has 0 saturated heterocycles. The molecule has 70 valence electrons. The molecule has 2 heteroatoms. The zero-order chi connectivity index (χ0) is 9.78. The minimum Gasteiger partial charge on any atom is -0.459 e. The Balaban J connectivity index is 4.01. The van der Waals surface area contributed by atoms with E-state index in [1.165, 1.54) is 6.08 Å². The van der Waals surface area contributed by atoms with E-state index in [4.69, 9.17) is 4.74 Å². The third-order valence-electron chi connectivity index (χ3n) is 1.82. The number of allylic oxidation sites excluding steroid dienone is 1. The van der Waals surface area contributed by atoms with Crippen LogP contribution in [0.1, 0.15) is 34.6 Å². The first-order valence-corrected chi connectivity index (χ1v) is 4.21. The lowest BCUT2D eigenvalue weighted by Crippen LogP contribution is -2.28. The molecular formula is C10H18O2. The lowest BCUT2D eigenvalue weighted by Gasteiger charge is -2.26. The number of hydrogen-bond donors (Lipinski definition) is 0. The number of carbonyl (C=O) groups excluding carboxylic acids is 1. The normalized spacial score (nSPS) is 14.8. The van der Waals surface area contributed by atoms with Crippen LogP contribution in [0.25, 0.3) is 0 Å². The standard InChI is InChI=1S/C10H18O2/c1-6-7-9(11)12-8(2)10(3,4)5/h6-8H,1-5H3. The van der Waals surface area contributed by atoms with Crippen LogP contribution < -0.4 is 0 Å². The molecule has 0 aliphatic rings. The average molecular weight is 170 g/mol. The summed E-state index contributed by atoms with van der Waals surface area (Å²) in [6.07, 6.45) is 3.06. The second-order valence-corrected chi connectivity index (χ2v) is 3.95. The highest BCUT2D eigenvalue weighted by molar-refractivity contribution is 5.81. The quantitative estimate of drug-likeness (QED) is 0.470. The Morgan fingerprint density at radius 3 is 2.25 bits per heavy atom. The van der Waals surface area contributed by atoms with E-state index in [1.807, 2.05) is 27.7 Å². The zero-order valence-electron chi connectivity index (χ0n) is 8.55. The Bertz CT molecular complexity index is 175. The first-order valence-electron chi connectivity index (χ1n) is 4.21. The number of ether oxygens (including phenoxy) is 1.